The van der Waals surface area contributed by atoms with Crippen LogP contribution in [0.2, 0.25) is 0 Å². The molecule has 3 aromatic rings. The molecule has 2 heterocycles. The number of anilines is 2. The SMILES string of the molecule is COc1ccccc1-c1ccnc(N[C@@H]2CCCC[C@H]2C[C@H]2CCCN(c3ccc(C#N)cc3)C2)c1. The third kappa shape index (κ3) is 5.65. The number of nitrogens with zero attached hydrogens (tertiary/aromatic N) is 3. The normalized spacial score (nSPS) is 22.0. The van der Waals surface area contributed by atoms with Crippen molar-refractivity contribution < 1.29 is 4.74 Å². The van der Waals surface area contributed by atoms with E-state index in [1.807, 2.05) is 36.5 Å². The summed E-state index contributed by atoms with van der Waals surface area (Å²) in [6, 6.07) is 23.1. The van der Waals surface area contributed by atoms with E-state index in [1.165, 1.54) is 50.6 Å². The number of hydrogen-bond acceptors (Lipinski definition) is 5. The molecule has 0 amide bonds. The van der Waals surface area contributed by atoms with E-state index in [1.54, 1.807) is 7.11 Å². The molecule has 2 aliphatic rings. The summed E-state index contributed by atoms with van der Waals surface area (Å²) in [4.78, 5) is 7.19. The third-order valence-corrected chi connectivity index (χ3v) is 7.94. The molecule has 1 aliphatic heterocycles. The third-order valence-electron chi connectivity index (χ3n) is 7.94. The largest absolute Gasteiger partial charge is 0.496 e. The van der Waals surface area contributed by atoms with Crippen LogP contribution in [0, 0.1) is 23.2 Å². The first-order valence-corrected chi connectivity index (χ1v) is 13.3. The van der Waals surface area contributed by atoms with Gasteiger partial charge >= 0.3 is 0 Å². The fourth-order valence-electron chi connectivity index (χ4n) is 6.10. The summed E-state index contributed by atoms with van der Waals surface area (Å²) in [6.45, 7) is 2.21. The van der Waals surface area contributed by atoms with E-state index in [9.17, 15) is 0 Å². The highest BCUT2D eigenvalue weighted by Crippen LogP contribution is 2.36. The van der Waals surface area contributed by atoms with E-state index in [0.717, 1.165) is 41.3 Å². The minimum absolute atomic E-state index is 0.462. The van der Waals surface area contributed by atoms with Crippen molar-refractivity contribution in [2.75, 3.05) is 30.4 Å². The summed E-state index contributed by atoms with van der Waals surface area (Å²) in [7, 11) is 1.72. The maximum absolute atomic E-state index is 9.11. The van der Waals surface area contributed by atoms with Crippen LogP contribution in [-0.2, 0) is 0 Å². The number of piperidine rings is 1. The van der Waals surface area contributed by atoms with E-state index in [0.29, 0.717) is 17.9 Å². The van der Waals surface area contributed by atoms with Crippen molar-refractivity contribution in [3.05, 3.63) is 72.4 Å². The Morgan fingerprint density at radius 1 is 1.03 bits per heavy atom. The fourth-order valence-corrected chi connectivity index (χ4v) is 6.10. The molecular weight excluding hydrogens is 444 g/mol. The van der Waals surface area contributed by atoms with Gasteiger partial charge in [0.05, 0.1) is 18.7 Å². The fraction of sp³-hybridized carbons (Fsp3) is 0.419. The average Bonchev–Trinajstić information content (AvgIpc) is 2.94. The molecule has 5 rings (SSSR count). The zero-order valence-electron chi connectivity index (χ0n) is 21.2. The van der Waals surface area contributed by atoms with Gasteiger partial charge in [-0.2, -0.15) is 5.26 Å². The Morgan fingerprint density at radius 3 is 2.69 bits per heavy atom. The minimum Gasteiger partial charge on any atom is -0.496 e. The Bertz CT molecular complexity index is 1190. The lowest BCUT2D eigenvalue weighted by Crippen LogP contribution is -2.39. The van der Waals surface area contributed by atoms with Gasteiger partial charge in [0.2, 0.25) is 0 Å². The van der Waals surface area contributed by atoms with Crippen LogP contribution >= 0.6 is 0 Å². The van der Waals surface area contributed by atoms with Crippen molar-refractivity contribution in [3.63, 3.8) is 0 Å². The Kier molecular flexibility index (Phi) is 7.71. The Balaban J connectivity index is 1.25. The van der Waals surface area contributed by atoms with Gasteiger partial charge in [-0.1, -0.05) is 31.0 Å². The van der Waals surface area contributed by atoms with Gasteiger partial charge in [-0.25, -0.2) is 4.98 Å². The van der Waals surface area contributed by atoms with Crippen LogP contribution in [0.4, 0.5) is 11.5 Å². The van der Waals surface area contributed by atoms with Gasteiger partial charge in [0, 0.05) is 36.6 Å². The summed E-state index contributed by atoms with van der Waals surface area (Å²) in [5, 5.41) is 12.9. The van der Waals surface area contributed by atoms with Gasteiger partial charge in [-0.15, -0.1) is 0 Å². The molecule has 0 unspecified atom stereocenters. The van der Waals surface area contributed by atoms with Crippen molar-refractivity contribution in [1.29, 1.82) is 5.26 Å². The molecule has 2 aromatic carbocycles. The van der Waals surface area contributed by atoms with Crippen LogP contribution in [0.1, 0.15) is 50.5 Å². The monoisotopic (exact) mass is 480 g/mol. The first-order chi connectivity index (χ1) is 17.7. The van der Waals surface area contributed by atoms with Crippen molar-refractivity contribution in [2.24, 2.45) is 11.8 Å². The number of benzene rings is 2. The van der Waals surface area contributed by atoms with Crippen LogP contribution in [0.3, 0.4) is 0 Å². The highest BCUT2D eigenvalue weighted by Gasteiger charge is 2.30. The summed E-state index contributed by atoms with van der Waals surface area (Å²) < 4.78 is 5.58. The quantitative estimate of drug-likeness (QED) is 0.398. The van der Waals surface area contributed by atoms with Crippen LogP contribution in [0.15, 0.2) is 66.9 Å². The number of ether oxygens (including phenoxy) is 1. The predicted molar refractivity (Wildman–Crippen MR) is 146 cm³/mol. The highest BCUT2D eigenvalue weighted by molar-refractivity contribution is 5.72. The molecule has 186 valence electrons. The molecule has 1 N–H and O–H groups in total. The van der Waals surface area contributed by atoms with E-state index < -0.39 is 0 Å². The molecule has 5 nitrogen and oxygen atoms in total. The highest BCUT2D eigenvalue weighted by atomic mass is 16.5. The molecule has 3 atom stereocenters. The maximum Gasteiger partial charge on any atom is 0.126 e. The van der Waals surface area contributed by atoms with Gasteiger partial charge in [-0.05, 0) is 92.0 Å². The Labute approximate surface area is 215 Å². The summed E-state index contributed by atoms with van der Waals surface area (Å²) in [5.41, 5.74) is 4.19. The molecule has 36 heavy (non-hydrogen) atoms. The first kappa shape index (κ1) is 24.2. The maximum atomic E-state index is 9.11. The molecule has 1 aliphatic carbocycles. The van der Waals surface area contributed by atoms with Gasteiger partial charge in [-0.3, -0.25) is 0 Å². The number of aromatic nitrogens is 1. The molecule has 0 radical (unpaired) electrons. The molecule has 1 aromatic heterocycles. The Morgan fingerprint density at radius 2 is 1.86 bits per heavy atom. The number of nitriles is 1. The molecule has 5 heteroatoms. The summed E-state index contributed by atoms with van der Waals surface area (Å²) >= 11 is 0. The second-order valence-corrected chi connectivity index (χ2v) is 10.3. The van der Waals surface area contributed by atoms with Crippen LogP contribution in [-0.4, -0.2) is 31.2 Å². The summed E-state index contributed by atoms with van der Waals surface area (Å²) in [6.07, 6.45) is 10.8. The van der Waals surface area contributed by atoms with Crippen molar-refractivity contribution in [1.82, 2.24) is 4.98 Å². The van der Waals surface area contributed by atoms with Gasteiger partial charge < -0.3 is 15.0 Å². The number of hydrogen-bond donors (Lipinski definition) is 1. The standard InChI is InChI=1S/C31H36N4O/c1-36-30-11-5-3-9-28(30)25-16-17-33-31(20-25)34-29-10-4-2-8-26(29)19-24-7-6-18-35(22-24)27-14-12-23(21-32)13-15-27/h3,5,9,11-17,20,24,26,29H,2,4,6-8,10,18-19,22H2,1H3,(H,33,34)/t24-,26+,29-/m1/s1. The first-order valence-electron chi connectivity index (χ1n) is 13.3. The number of pyridine rings is 1. The number of para-hydroxylation sites is 1. The van der Waals surface area contributed by atoms with Gasteiger partial charge in [0.25, 0.3) is 0 Å². The Hall–Kier alpha value is -3.52. The van der Waals surface area contributed by atoms with Gasteiger partial charge in [0.1, 0.15) is 11.6 Å². The second kappa shape index (κ2) is 11.5. The van der Waals surface area contributed by atoms with E-state index >= 15 is 0 Å². The molecular formula is C31H36N4O. The molecule has 2 fully saturated rings. The van der Waals surface area contributed by atoms with Crippen molar-refractivity contribution >= 4 is 11.5 Å². The number of methoxy groups -OCH3 is 1. The smallest absolute Gasteiger partial charge is 0.126 e. The minimum atomic E-state index is 0.462. The summed E-state index contributed by atoms with van der Waals surface area (Å²) in [5.74, 6) is 3.21. The molecule has 0 spiro atoms. The topological polar surface area (TPSA) is 61.2 Å². The molecule has 0 bridgehead atoms. The van der Waals surface area contributed by atoms with E-state index in [2.05, 4.69) is 51.6 Å². The predicted octanol–water partition coefficient (Wildman–Crippen LogP) is 6.91. The van der Waals surface area contributed by atoms with Crippen LogP contribution in [0.25, 0.3) is 11.1 Å². The van der Waals surface area contributed by atoms with E-state index in [-0.39, 0.29) is 0 Å². The lowest BCUT2D eigenvalue weighted by molar-refractivity contribution is 0.247. The zero-order chi connectivity index (χ0) is 24.7. The van der Waals surface area contributed by atoms with Crippen molar-refractivity contribution in [2.45, 2.75) is 51.0 Å². The van der Waals surface area contributed by atoms with E-state index in [4.69, 9.17) is 10.00 Å². The average molecular weight is 481 g/mol. The number of nitrogens with one attached hydrogen (secondary N) is 1. The zero-order valence-corrected chi connectivity index (χ0v) is 21.2. The van der Waals surface area contributed by atoms with Crippen LogP contribution < -0.4 is 15.0 Å². The lowest BCUT2D eigenvalue weighted by atomic mass is 9.77. The van der Waals surface area contributed by atoms with Crippen molar-refractivity contribution in [3.8, 4) is 22.9 Å². The lowest BCUT2D eigenvalue weighted by Gasteiger charge is -2.39. The molecule has 1 saturated carbocycles. The number of rotatable bonds is 7. The van der Waals surface area contributed by atoms with Gasteiger partial charge in [0.15, 0.2) is 0 Å². The molecule has 1 saturated heterocycles. The second-order valence-electron chi connectivity index (χ2n) is 10.3. The van der Waals surface area contributed by atoms with Crippen LogP contribution in [0.5, 0.6) is 5.75 Å².